The number of hydrogen-bond acceptors (Lipinski definition) is 5. The molecular formula is C18H22N6O. The van der Waals surface area contributed by atoms with Gasteiger partial charge in [0, 0.05) is 24.8 Å². The molecule has 25 heavy (non-hydrogen) atoms. The molecule has 0 spiro atoms. The van der Waals surface area contributed by atoms with Crippen molar-refractivity contribution >= 4 is 5.65 Å². The molecule has 0 radical (unpaired) electrons. The third-order valence-electron chi connectivity index (χ3n) is 4.83. The highest BCUT2D eigenvalue weighted by atomic mass is 16.1. The SMILES string of the molecule is Cc1nc(C)n(C[C@@H]2CCCN2Cc2cc(=O)n3ccccc3n2)n1. The highest BCUT2D eigenvalue weighted by Crippen LogP contribution is 2.21. The van der Waals surface area contributed by atoms with Crippen LogP contribution in [-0.2, 0) is 13.1 Å². The highest BCUT2D eigenvalue weighted by molar-refractivity contribution is 5.38. The van der Waals surface area contributed by atoms with E-state index >= 15 is 0 Å². The van der Waals surface area contributed by atoms with Gasteiger partial charge in [0.15, 0.2) is 0 Å². The van der Waals surface area contributed by atoms with Crippen molar-refractivity contribution in [3.63, 3.8) is 0 Å². The summed E-state index contributed by atoms with van der Waals surface area (Å²) in [7, 11) is 0. The zero-order valence-corrected chi connectivity index (χ0v) is 14.6. The first-order valence-electron chi connectivity index (χ1n) is 8.69. The van der Waals surface area contributed by atoms with Crippen LogP contribution in [0.4, 0.5) is 0 Å². The molecule has 1 atom stereocenters. The lowest BCUT2D eigenvalue weighted by molar-refractivity contribution is 0.215. The van der Waals surface area contributed by atoms with E-state index in [0.29, 0.717) is 18.2 Å². The second-order valence-electron chi connectivity index (χ2n) is 6.67. The van der Waals surface area contributed by atoms with Crippen molar-refractivity contribution < 1.29 is 0 Å². The van der Waals surface area contributed by atoms with Gasteiger partial charge >= 0.3 is 0 Å². The Balaban J connectivity index is 1.55. The van der Waals surface area contributed by atoms with E-state index in [2.05, 4.69) is 20.0 Å². The van der Waals surface area contributed by atoms with Gasteiger partial charge in [-0.1, -0.05) is 6.07 Å². The molecule has 3 aromatic rings. The molecule has 0 N–H and O–H groups in total. The molecule has 4 heterocycles. The Labute approximate surface area is 145 Å². The van der Waals surface area contributed by atoms with Crippen LogP contribution in [0.25, 0.3) is 5.65 Å². The number of nitrogens with zero attached hydrogens (tertiary/aromatic N) is 6. The maximum absolute atomic E-state index is 12.3. The molecule has 3 aromatic heterocycles. The highest BCUT2D eigenvalue weighted by Gasteiger charge is 2.26. The van der Waals surface area contributed by atoms with Gasteiger partial charge in [-0.05, 0) is 45.4 Å². The molecule has 0 amide bonds. The molecule has 0 unspecified atom stereocenters. The van der Waals surface area contributed by atoms with Crippen LogP contribution in [-0.4, -0.2) is 41.6 Å². The fourth-order valence-corrected chi connectivity index (χ4v) is 3.64. The molecule has 1 aliphatic rings. The molecule has 0 saturated carbocycles. The smallest absolute Gasteiger partial charge is 0.258 e. The van der Waals surface area contributed by atoms with E-state index in [1.807, 2.05) is 36.7 Å². The molecule has 7 nitrogen and oxygen atoms in total. The molecular weight excluding hydrogens is 316 g/mol. The van der Waals surface area contributed by atoms with Crippen molar-refractivity contribution in [2.75, 3.05) is 6.54 Å². The lowest BCUT2D eigenvalue weighted by Gasteiger charge is -2.24. The van der Waals surface area contributed by atoms with Crippen LogP contribution < -0.4 is 5.56 Å². The second kappa shape index (κ2) is 6.40. The van der Waals surface area contributed by atoms with E-state index in [0.717, 1.165) is 43.3 Å². The Kier molecular flexibility index (Phi) is 4.09. The van der Waals surface area contributed by atoms with Crippen molar-refractivity contribution in [3.8, 4) is 0 Å². The average Bonchev–Trinajstić information content (AvgIpc) is 3.14. The zero-order chi connectivity index (χ0) is 17.4. The monoisotopic (exact) mass is 338 g/mol. The van der Waals surface area contributed by atoms with Gasteiger partial charge in [-0.15, -0.1) is 0 Å². The minimum absolute atomic E-state index is 0.0286. The lowest BCUT2D eigenvalue weighted by atomic mass is 10.2. The number of fused-ring (bicyclic) bond motifs is 1. The van der Waals surface area contributed by atoms with Gasteiger partial charge < -0.3 is 0 Å². The van der Waals surface area contributed by atoms with Crippen LogP contribution >= 0.6 is 0 Å². The molecule has 130 valence electrons. The maximum atomic E-state index is 12.3. The normalized spacial score (nSPS) is 18.2. The van der Waals surface area contributed by atoms with E-state index < -0.39 is 0 Å². The van der Waals surface area contributed by atoms with Crippen molar-refractivity contribution in [1.29, 1.82) is 0 Å². The lowest BCUT2D eigenvalue weighted by Crippen LogP contribution is -2.34. The third kappa shape index (κ3) is 3.19. The molecule has 1 saturated heterocycles. The van der Waals surface area contributed by atoms with E-state index in [1.54, 1.807) is 16.7 Å². The zero-order valence-electron chi connectivity index (χ0n) is 14.6. The first-order valence-corrected chi connectivity index (χ1v) is 8.69. The number of likely N-dealkylation sites (tertiary alicyclic amines) is 1. The van der Waals surface area contributed by atoms with Gasteiger partial charge in [0.1, 0.15) is 17.3 Å². The summed E-state index contributed by atoms with van der Waals surface area (Å²) in [5.41, 5.74) is 1.50. The minimum atomic E-state index is -0.0286. The van der Waals surface area contributed by atoms with E-state index in [4.69, 9.17) is 0 Å². The van der Waals surface area contributed by atoms with Crippen molar-refractivity contribution in [3.05, 3.63) is 58.2 Å². The van der Waals surface area contributed by atoms with E-state index in [9.17, 15) is 4.79 Å². The summed E-state index contributed by atoms with van der Waals surface area (Å²) in [5.74, 6) is 1.76. The van der Waals surface area contributed by atoms with Gasteiger partial charge in [0.25, 0.3) is 5.56 Å². The van der Waals surface area contributed by atoms with Crippen LogP contribution in [0, 0.1) is 13.8 Å². The molecule has 1 fully saturated rings. The van der Waals surface area contributed by atoms with E-state index in [1.165, 1.54) is 0 Å². The fourth-order valence-electron chi connectivity index (χ4n) is 3.64. The summed E-state index contributed by atoms with van der Waals surface area (Å²) in [6, 6.07) is 7.66. The summed E-state index contributed by atoms with van der Waals surface area (Å²) < 4.78 is 3.56. The largest absolute Gasteiger partial charge is 0.293 e. The topological polar surface area (TPSA) is 68.3 Å². The van der Waals surface area contributed by atoms with Crippen LogP contribution in [0.5, 0.6) is 0 Å². The van der Waals surface area contributed by atoms with Gasteiger partial charge in [-0.3, -0.25) is 14.1 Å². The molecule has 0 aromatic carbocycles. The molecule has 0 aliphatic carbocycles. The standard InChI is InChI=1S/C18H22N6O/c1-13-19-14(2)24(21-13)12-16-6-5-8-22(16)11-15-10-18(25)23-9-4-3-7-17(23)20-15/h3-4,7,9-10,16H,5-6,8,11-12H2,1-2H3/t16-/m0/s1. The first kappa shape index (κ1) is 16.0. The first-order chi connectivity index (χ1) is 12.1. The van der Waals surface area contributed by atoms with Gasteiger partial charge in [0.05, 0.1) is 12.2 Å². The number of hydrogen-bond donors (Lipinski definition) is 0. The summed E-state index contributed by atoms with van der Waals surface area (Å²) >= 11 is 0. The summed E-state index contributed by atoms with van der Waals surface area (Å²) in [4.78, 5) is 23.7. The number of rotatable bonds is 4. The summed E-state index contributed by atoms with van der Waals surface area (Å²) in [6.07, 6.45) is 4.04. The Morgan fingerprint density at radius 2 is 2.12 bits per heavy atom. The van der Waals surface area contributed by atoms with E-state index in [-0.39, 0.29) is 5.56 Å². The van der Waals surface area contributed by atoms with Crippen molar-refractivity contribution in [2.24, 2.45) is 0 Å². The average molecular weight is 338 g/mol. The van der Waals surface area contributed by atoms with Crippen molar-refractivity contribution in [2.45, 2.75) is 45.8 Å². The number of aromatic nitrogens is 5. The predicted octanol–water partition coefficient (Wildman–Crippen LogP) is 1.57. The van der Waals surface area contributed by atoms with Crippen LogP contribution in [0.2, 0.25) is 0 Å². The van der Waals surface area contributed by atoms with Crippen LogP contribution in [0.1, 0.15) is 30.2 Å². The maximum Gasteiger partial charge on any atom is 0.258 e. The van der Waals surface area contributed by atoms with Crippen LogP contribution in [0.15, 0.2) is 35.3 Å². The quantitative estimate of drug-likeness (QED) is 0.722. The predicted molar refractivity (Wildman–Crippen MR) is 94.4 cm³/mol. The van der Waals surface area contributed by atoms with Gasteiger partial charge in [-0.2, -0.15) is 5.10 Å². The minimum Gasteiger partial charge on any atom is -0.293 e. The van der Waals surface area contributed by atoms with Gasteiger partial charge in [-0.25, -0.2) is 14.6 Å². The molecule has 4 rings (SSSR count). The van der Waals surface area contributed by atoms with Crippen LogP contribution in [0.3, 0.4) is 0 Å². The third-order valence-corrected chi connectivity index (χ3v) is 4.83. The summed E-state index contributed by atoms with van der Waals surface area (Å²) in [5, 5.41) is 4.48. The van der Waals surface area contributed by atoms with Gasteiger partial charge in [0.2, 0.25) is 0 Å². The summed E-state index contributed by atoms with van der Waals surface area (Å²) in [6.45, 7) is 6.46. The molecule has 1 aliphatic heterocycles. The van der Waals surface area contributed by atoms with Crippen molar-refractivity contribution in [1.82, 2.24) is 29.0 Å². The number of aryl methyl sites for hydroxylation is 2. The Morgan fingerprint density at radius 1 is 1.24 bits per heavy atom. The number of pyridine rings is 1. The molecule has 7 heteroatoms. The Bertz CT molecular complexity index is 960. The fraction of sp³-hybridized carbons (Fsp3) is 0.444. The molecule has 0 bridgehead atoms. The second-order valence-corrected chi connectivity index (χ2v) is 6.67. The Hall–Kier alpha value is -2.54. The Morgan fingerprint density at radius 3 is 2.92 bits per heavy atom.